The van der Waals surface area contributed by atoms with Gasteiger partial charge >= 0.3 is 0 Å². The van der Waals surface area contributed by atoms with Crippen LogP contribution in [0.1, 0.15) is 19.4 Å². The summed E-state index contributed by atoms with van der Waals surface area (Å²) in [7, 11) is 4.45. The van der Waals surface area contributed by atoms with Crippen LogP contribution in [0.25, 0.3) is 5.57 Å². The molecule has 0 radical (unpaired) electrons. The Balaban J connectivity index is 2.13. The van der Waals surface area contributed by atoms with Crippen molar-refractivity contribution in [2.45, 2.75) is 19.9 Å². The highest BCUT2D eigenvalue weighted by atomic mass is 19.1. The van der Waals surface area contributed by atoms with Crippen LogP contribution in [0, 0.1) is 5.82 Å². The van der Waals surface area contributed by atoms with E-state index in [1.165, 1.54) is 50.5 Å². The summed E-state index contributed by atoms with van der Waals surface area (Å²) in [5, 5.41) is 3.03. The Morgan fingerprint density at radius 2 is 1.47 bits per heavy atom. The van der Waals surface area contributed by atoms with Gasteiger partial charge in [0.25, 0.3) is 11.8 Å². The maximum absolute atomic E-state index is 13.4. The number of methoxy groups -OCH3 is 3. The standard InChI is InChI=1S/C22H23FN2O5/c1-12(2)25-21(26)18(13-6-8-14(23)9-7-13)19(22(25)27)24-15-10-16(28-3)20(30-5)17(11-15)29-4/h6-12,24H,1-5H3. The second-order valence-corrected chi connectivity index (χ2v) is 6.87. The number of carbonyl (C=O) groups excluding carboxylic acids is 2. The minimum absolute atomic E-state index is 0.0922. The first kappa shape index (κ1) is 21.2. The summed E-state index contributed by atoms with van der Waals surface area (Å²) < 4.78 is 29.4. The largest absolute Gasteiger partial charge is 0.493 e. The van der Waals surface area contributed by atoms with Gasteiger partial charge in [-0.25, -0.2) is 4.39 Å². The molecular weight excluding hydrogens is 391 g/mol. The van der Waals surface area contributed by atoms with E-state index in [0.29, 0.717) is 28.5 Å². The van der Waals surface area contributed by atoms with Gasteiger partial charge in [-0.1, -0.05) is 12.1 Å². The molecule has 3 rings (SSSR count). The molecule has 0 bridgehead atoms. The van der Waals surface area contributed by atoms with Crippen LogP contribution in [0.2, 0.25) is 0 Å². The molecule has 0 aromatic heterocycles. The Morgan fingerprint density at radius 1 is 0.900 bits per heavy atom. The zero-order valence-electron chi connectivity index (χ0n) is 17.4. The number of carbonyl (C=O) groups is 2. The van der Waals surface area contributed by atoms with E-state index in [1.54, 1.807) is 26.0 Å². The SMILES string of the molecule is COc1cc(NC2=C(c3ccc(F)cc3)C(=O)N(C(C)C)C2=O)cc(OC)c1OC. The third-order valence-corrected chi connectivity index (χ3v) is 4.70. The normalized spacial score (nSPS) is 13.9. The molecule has 1 aliphatic rings. The van der Waals surface area contributed by atoms with Crippen molar-refractivity contribution < 1.29 is 28.2 Å². The van der Waals surface area contributed by atoms with E-state index < -0.39 is 17.6 Å². The van der Waals surface area contributed by atoms with Crippen molar-refractivity contribution in [2.75, 3.05) is 26.6 Å². The molecule has 0 fully saturated rings. The average Bonchev–Trinajstić information content (AvgIpc) is 2.97. The summed E-state index contributed by atoms with van der Waals surface area (Å²) in [4.78, 5) is 27.3. The minimum atomic E-state index is -0.469. The van der Waals surface area contributed by atoms with Gasteiger partial charge in [-0.2, -0.15) is 0 Å². The molecular formula is C22H23FN2O5. The molecule has 7 nitrogen and oxygen atoms in total. The number of nitrogens with zero attached hydrogens (tertiary/aromatic N) is 1. The Morgan fingerprint density at radius 3 is 1.93 bits per heavy atom. The lowest BCUT2D eigenvalue weighted by molar-refractivity contribution is -0.138. The molecule has 2 aromatic carbocycles. The lowest BCUT2D eigenvalue weighted by atomic mass is 10.0. The lowest BCUT2D eigenvalue weighted by Crippen LogP contribution is -2.38. The van der Waals surface area contributed by atoms with E-state index in [4.69, 9.17) is 14.2 Å². The number of benzene rings is 2. The topological polar surface area (TPSA) is 77.1 Å². The number of amides is 2. The van der Waals surface area contributed by atoms with Crippen LogP contribution in [0.15, 0.2) is 42.1 Å². The summed E-state index contributed by atoms with van der Waals surface area (Å²) in [6, 6.07) is 8.34. The molecule has 0 atom stereocenters. The second-order valence-electron chi connectivity index (χ2n) is 6.87. The molecule has 158 valence electrons. The number of hydrogen-bond donors (Lipinski definition) is 1. The fourth-order valence-electron chi connectivity index (χ4n) is 3.31. The van der Waals surface area contributed by atoms with Crippen molar-refractivity contribution in [3.63, 3.8) is 0 Å². The van der Waals surface area contributed by atoms with Gasteiger partial charge in [0.15, 0.2) is 11.5 Å². The van der Waals surface area contributed by atoms with Crippen molar-refractivity contribution in [3.8, 4) is 17.2 Å². The predicted octanol–water partition coefficient (Wildman–Crippen LogP) is 3.45. The highest BCUT2D eigenvalue weighted by molar-refractivity contribution is 6.36. The molecule has 1 aliphatic heterocycles. The second kappa shape index (κ2) is 8.44. The maximum Gasteiger partial charge on any atom is 0.278 e. The molecule has 1 heterocycles. The van der Waals surface area contributed by atoms with E-state index in [0.717, 1.165) is 0 Å². The number of rotatable bonds is 7. The van der Waals surface area contributed by atoms with Crippen molar-refractivity contribution >= 4 is 23.1 Å². The Hall–Kier alpha value is -3.55. The molecule has 8 heteroatoms. The fourth-order valence-corrected chi connectivity index (χ4v) is 3.31. The van der Waals surface area contributed by atoms with Gasteiger partial charge in [-0.3, -0.25) is 14.5 Å². The number of halogens is 1. The summed E-state index contributed by atoms with van der Waals surface area (Å²) >= 11 is 0. The predicted molar refractivity (Wildman–Crippen MR) is 110 cm³/mol. The molecule has 0 saturated carbocycles. The Labute approximate surface area is 174 Å². The number of ether oxygens (including phenoxy) is 3. The van der Waals surface area contributed by atoms with Gasteiger partial charge in [0.05, 0.1) is 26.9 Å². The third kappa shape index (κ3) is 3.68. The Bertz CT molecular complexity index is 990. The van der Waals surface area contributed by atoms with Gasteiger partial charge in [0, 0.05) is 23.9 Å². The molecule has 1 N–H and O–H groups in total. The van der Waals surface area contributed by atoms with E-state index in [2.05, 4.69) is 5.32 Å². The van der Waals surface area contributed by atoms with E-state index in [1.807, 2.05) is 0 Å². The van der Waals surface area contributed by atoms with Gasteiger partial charge in [0.1, 0.15) is 11.5 Å². The third-order valence-electron chi connectivity index (χ3n) is 4.70. The van der Waals surface area contributed by atoms with Crippen molar-refractivity contribution in [2.24, 2.45) is 0 Å². The van der Waals surface area contributed by atoms with Crippen LogP contribution >= 0.6 is 0 Å². The first-order valence-electron chi connectivity index (χ1n) is 9.27. The van der Waals surface area contributed by atoms with Crippen molar-refractivity contribution in [1.82, 2.24) is 4.90 Å². The zero-order valence-corrected chi connectivity index (χ0v) is 17.4. The summed E-state index contributed by atoms with van der Waals surface area (Å²) in [5.41, 5.74) is 1.16. The number of hydrogen-bond acceptors (Lipinski definition) is 6. The minimum Gasteiger partial charge on any atom is -0.493 e. The quantitative estimate of drug-likeness (QED) is 0.700. The van der Waals surface area contributed by atoms with Crippen LogP contribution in [-0.2, 0) is 9.59 Å². The average molecular weight is 414 g/mol. The fraction of sp³-hybridized carbons (Fsp3) is 0.273. The van der Waals surface area contributed by atoms with Gasteiger partial charge in [-0.15, -0.1) is 0 Å². The van der Waals surface area contributed by atoms with Crippen LogP contribution in [0.5, 0.6) is 17.2 Å². The van der Waals surface area contributed by atoms with E-state index in [-0.39, 0.29) is 17.3 Å². The van der Waals surface area contributed by atoms with E-state index in [9.17, 15) is 14.0 Å². The smallest absolute Gasteiger partial charge is 0.278 e. The zero-order chi connectivity index (χ0) is 22.0. The Kier molecular flexibility index (Phi) is 5.96. The molecule has 0 unspecified atom stereocenters. The monoisotopic (exact) mass is 414 g/mol. The van der Waals surface area contributed by atoms with Crippen LogP contribution in [0.4, 0.5) is 10.1 Å². The molecule has 2 amide bonds. The maximum atomic E-state index is 13.4. The molecule has 30 heavy (non-hydrogen) atoms. The summed E-state index contributed by atoms with van der Waals surface area (Å²) in [6.45, 7) is 3.50. The van der Waals surface area contributed by atoms with Crippen molar-refractivity contribution in [3.05, 3.63) is 53.5 Å². The highest BCUT2D eigenvalue weighted by Crippen LogP contribution is 2.41. The summed E-state index contributed by atoms with van der Waals surface area (Å²) in [5.74, 6) is -0.173. The molecule has 0 saturated heterocycles. The summed E-state index contributed by atoms with van der Waals surface area (Å²) in [6.07, 6.45) is 0. The van der Waals surface area contributed by atoms with Gasteiger partial charge < -0.3 is 19.5 Å². The molecule has 0 spiro atoms. The molecule has 2 aromatic rings. The first-order valence-corrected chi connectivity index (χ1v) is 9.27. The number of imide groups is 1. The van der Waals surface area contributed by atoms with Crippen LogP contribution in [0.3, 0.4) is 0 Å². The molecule has 0 aliphatic carbocycles. The van der Waals surface area contributed by atoms with E-state index >= 15 is 0 Å². The number of nitrogens with one attached hydrogen (secondary N) is 1. The first-order chi connectivity index (χ1) is 14.3. The van der Waals surface area contributed by atoms with Crippen molar-refractivity contribution in [1.29, 1.82) is 0 Å². The van der Waals surface area contributed by atoms with Crippen LogP contribution < -0.4 is 19.5 Å². The van der Waals surface area contributed by atoms with Crippen LogP contribution in [-0.4, -0.2) is 44.1 Å². The highest BCUT2D eigenvalue weighted by Gasteiger charge is 2.40. The van der Waals surface area contributed by atoms with Gasteiger partial charge in [0.2, 0.25) is 5.75 Å². The number of anilines is 1. The van der Waals surface area contributed by atoms with Gasteiger partial charge in [-0.05, 0) is 31.5 Å². The lowest BCUT2D eigenvalue weighted by Gasteiger charge is -2.19.